The topological polar surface area (TPSA) is 19.4 Å². The van der Waals surface area contributed by atoms with Crippen LogP contribution in [0.25, 0.3) is 0 Å². The second-order valence-corrected chi connectivity index (χ2v) is 4.59. The van der Waals surface area contributed by atoms with Gasteiger partial charge in [0.05, 0.1) is 11.9 Å². The van der Waals surface area contributed by atoms with Gasteiger partial charge in [0.25, 0.3) is 0 Å². The minimum atomic E-state index is 0. The van der Waals surface area contributed by atoms with Crippen LogP contribution in [0.3, 0.4) is 0 Å². The molecule has 0 radical (unpaired) electrons. The predicted octanol–water partition coefficient (Wildman–Crippen LogP) is 2.13. The Labute approximate surface area is 115 Å². The van der Waals surface area contributed by atoms with Crippen molar-refractivity contribution in [3.63, 3.8) is 0 Å². The molecule has 3 heterocycles. The van der Waals surface area contributed by atoms with Crippen LogP contribution >= 0.6 is 24.8 Å². The van der Waals surface area contributed by atoms with Crippen molar-refractivity contribution in [1.82, 2.24) is 9.88 Å². The van der Waals surface area contributed by atoms with Gasteiger partial charge in [-0.1, -0.05) is 0 Å². The van der Waals surface area contributed by atoms with Crippen LogP contribution < -0.4 is 4.90 Å². The summed E-state index contributed by atoms with van der Waals surface area (Å²) in [7, 11) is 0. The van der Waals surface area contributed by atoms with E-state index in [9.17, 15) is 0 Å². The molecule has 0 aromatic carbocycles. The van der Waals surface area contributed by atoms with Crippen molar-refractivity contribution in [1.29, 1.82) is 0 Å². The van der Waals surface area contributed by atoms with Crippen molar-refractivity contribution >= 4 is 30.5 Å². The van der Waals surface area contributed by atoms with Crippen molar-refractivity contribution in [2.75, 3.05) is 31.1 Å². The first-order valence-corrected chi connectivity index (χ1v) is 5.74. The maximum atomic E-state index is 4.38. The summed E-state index contributed by atoms with van der Waals surface area (Å²) in [6.45, 7) is 6.94. The SMILES string of the molecule is Cc1ccc(N2CCN3CCC2C3)cn1.Cl.Cl. The molecule has 5 heteroatoms. The second-order valence-electron chi connectivity index (χ2n) is 4.59. The highest BCUT2D eigenvalue weighted by Gasteiger charge is 2.32. The van der Waals surface area contributed by atoms with Crippen LogP contribution in [0.2, 0.25) is 0 Å². The maximum Gasteiger partial charge on any atom is 0.0556 e. The molecule has 0 spiro atoms. The first kappa shape index (κ1) is 14.6. The fourth-order valence-electron chi connectivity index (χ4n) is 2.67. The highest BCUT2D eigenvalue weighted by Crippen LogP contribution is 2.25. The van der Waals surface area contributed by atoms with E-state index in [0.29, 0.717) is 0 Å². The molecule has 2 aliphatic rings. The Morgan fingerprint density at radius 2 is 2.00 bits per heavy atom. The Hall–Kier alpha value is -0.510. The van der Waals surface area contributed by atoms with Crippen molar-refractivity contribution < 1.29 is 0 Å². The molecule has 2 unspecified atom stereocenters. The van der Waals surface area contributed by atoms with E-state index < -0.39 is 0 Å². The Morgan fingerprint density at radius 3 is 2.71 bits per heavy atom. The van der Waals surface area contributed by atoms with Gasteiger partial charge in [-0.25, -0.2) is 0 Å². The molecule has 0 saturated carbocycles. The Morgan fingerprint density at radius 1 is 1.18 bits per heavy atom. The maximum absolute atomic E-state index is 4.38. The van der Waals surface area contributed by atoms with E-state index in [2.05, 4.69) is 26.9 Å². The number of pyridine rings is 1. The van der Waals surface area contributed by atoms with Crippen LogP contribution in [0.15, 0.2) is 18.3 Å². The van der Waals surface area contributed by atoms with Gasteiger partial charge in [0.2, 0.25) is 0 Å². The van der Waals surface area contributed by atoms with Gasteiger partial charge in [-0.3, -0.25) is 9.88 Å². The van der Waals surface area contributed by atoms with Gasteiger partial charge in [-0.15, -0.1) is 24.8 Å². The number of anilines is 1. The Kier molecular flexibility index (Phi) is 5.04. The zero-order valence-corrected chi connectivity index (χ0v) is 11.6. The summed E-state index contributed by atoms with van der Waals surface area (Å²) in [6, 6.07) is 5.04. The van der Waals surface area contributed by atoms with Gasteiger partial charge in [-0.05, 0) is 25.5 Å². The smallest absolute Gasteiger partial charge is 0.0556 e. The summed E-state index contributed by atoms with van der Waals surface area (Å²) in [5, 5.41) is 0. The van der Waals surface area contributed by atoms with Crippen LogP contribution in [0.1, 0.15) is 12.1 Å². The van der Waals surface area contributed by atoms with Crippen LogP contribution in [-0.4, -0.2) is 42.1 Å². The molecule has 3 nitrogen and oxygen atoms in total. The molecule has 2 aliphatic heterocycles. The van der Waals surface area contributed by atoms with E-state index in [1.807, 2.05) is 13.1 Å². The molecule has 2 fully saturated rings. The monoisotopic (exact) mass is 275 g/mol. The molecule has 3 rings (SSSR count). The van der Waals surface area contributed by atoms with Gasteiger partial charge < -0.3 is 4.90 Å². The van der Waals surface area contributed by atoms with E-state index in [4.69, 9.17) is 0 Å². The summed E-state index contributed by atoms with van der Waals surface area (Å²) in [5.41, 5.74) is 2.40. The molecule has 1 aromatic heterocycles. The number of hydrogen-bond acceptors (Lipinski definition) is 3. The van der Waals surface area contributed by atoms with E-state index in [0.717, 1.165) is 18.3 Å². The molecule has 96 valence electrons. The molecular weight excluding hydrogens is 257 g/mol. The molecule has 0 N–H and O–H groups in total. The third kappa shape index (κ3) is 2.84. The highest BCUT2D eigenvalue weighted by atomic mass is 35.5. The average molecular weight is 276 g/mol. The van der Waals surface area contributed by atoms with Gasteiger partial charge in [0.1, 0.15) is 0 Å². The average Bonchev–Trinajstić information content (AvgIpc) is 2.63. The number of hydrogen-bond donors (Lipinski definition) is 0. The molecule has 1 aromatic rings. The standard InChI is InChI=1S/C12H17N3.2ClH/c1-10-2-3-11(8-13-10)15-7-6-14-5-4-12(15)9-14;;/h2-3,8,12H,4-7,9H2,1H3;2*1H. The lowest BCUT2D eigenvalue weighted by Gasteiger charge is -2.35. The second kappa shape index (κ2) is 5.89. The number of rotatable bonds is 1. The fourth-order valence-corrected chi connectivity index (χ4v) is 2.67. The number of aromatic nitrogens is 1. The van der Waals surface area contributed by atoms with Crippen molar-refractivity contribution in [2.24, 2.45) is 0 Å². The quantitative estimate of drug-likeness (QED) is 0.783. The lowest BCUT2D eigenvalue weighted by molar-refractivity contribution is 0.310. The van der Waals surface area contributed by atoms with Gasteiger partial charge >= 0.3 is 0 Å². The number of aryl methyl sites for hydroxylation is 1. The lowest BCUT2D eigenvalue weighted by atomic mass is 10.2. The normalized spacial score (nSPS) is 26.1. The molecular formula is C12H19Cl2N3. The molecule has 2 saturated heterocycles. The minimum absolute atomic E-state index is 0. The summed E-state index contributed by atoms with van der Waals surface area (Å²) in [6.07, 6.45) is 3.33. The zero-order valence-electron chi connectivity index (χ0n) is 10.0. The molecule has 2 atom stereocenters. The van der Waals surface area contributed by atoms with Crippen LogP contribution in [0, 0.1) is 6.92 Å². The van der Waals surface area contributed by atoms with E-state index in [-0.39, 0.29) is 24.8 Å². The molecule has 0 amide bonds. The first-order valence-electron chi connectivity index (χ1n) is 5.74. The zero-order chi connectivity index (χ0) is 10.3. The highest BCUT2D eigenvalue weighted by molar-refractivity contribution is 5.85. The van der Waals surface area contributed by atoms with Crippen molar-refractivity contribution in [3.05, 3.63) is 24.0 Å². The van der Waals surface area contributed by atoms with E-state index in [1.165, 1.54) is 31.7 Å². The van der Waals surface area contributed by atoms with Crippen molar-refractivity contribution in [2.45, 2.75) is 19.4 Å². The predicted molar refractivity (Wildman–Crippen MR) is 75.7 cm³/mol. The van der Waals surface area contributed by atoms with Crippen molar-refractivity contribution in [3.8, 4) is 0 Å². The third-order valence-electron chi connectivity index (χ3n) is 3.57. The summed E-state index contributed by atoms with van der Waals surface area (Å²) >= 11 is 0. The minimum Gasteiger partial charge on any atom is -0.365 e. The van der Waals surface area contributed by atoms with Gasteiger partial charge in [0, 0.05) is 37.9 Å². The third-order valence-corrected chi connectivity index (χ3v) is 3.57. The summed E-state index contributed by atoms with van der Waals surface area (Å²) in [4.78, 5) is 9.46. The molecule has 0 aliphatic carbocycles. The Balaban J connectivity index is 0.000000722. The first-order chi connectivity index (χ1) is 7.33. The molecule has 2 bridgehead atoms. The van der Waals surface area contributed by atoms with Gasteiger partial charge in [-0.2, -0.15) is 0 Å². The number of halogens is 2. The molecule has 17 heavy (non-hydrogen) atoms. The number of fused-ring (bicyclic) bond motifs is 2. The van der Waals surface area contributed by atoms with Crippen LogP contribution in [0.4, 0.5) is 5.69 Å². The number of piperazine rings is 1. The van der Waals surface area contributed by atoms with E-state index in [1.54, 1.807) is 0 Å². The van der Waals surface area contributed by atoms with Crippen LogP contribution in [0.5, 0.6) is 0 Å². The van der Waals surface area contributed by atoms with Crippen LogP contribution in [-0.2, 0) is 0 Å². The lowest BCUT2D eigenvalue weighted by Crippen LogP contribution is -2.46. The van der Waals surface area contributed by atoms with E-state index >= 15 is 0 Å². The summed E-state index contributed by atoms with van der Waals surface area (Å²) in [5.74, 6) is 0. The Bertz CT molecular complexity index is 355. The largest absolute Gasteiger partial charge is 0.365 e. The summed E-state index contributed by atoms with van der Waals surface area (Å²) < 4.78 is 0. The fraction of sp³-hybridized carbons (Fsp3) is 0.583. The van der Waals surface area contributed by atoms with Gasteiger partial charge in [0.15, 0.2) is 0 Å². The number of nitrogens with zero attached hydrogens (tertiary/aromatic N) is 3.